The van der Waals surface area contributed by atoms with E-state index in [2.05, 4.69) is 16.9 Å². The van der Waals surface area contributed by atoms with Gasteiger partial charge in [-0.3, -0.25) is 39.5 Å². The molecule has 266 valence electrons. The van der Waals surface area contributed by atoms with Gasteiger partial charge in [0.2, 0.25) is 11.7 Å². The number of ether oxygens (including phenoxy) is 1. The van der Waals surface area contributed by atoms with E-state index >= 15 is 0 Å². The van der Waals surface area contributed by atoms with Crippen molar-refractivity contribution in [1.29, 1.82) is 0 Å². The maximum absolute atomic E-state index is 14.0. The van der Waals surface area contributed by atoms with E-state index < -0.39 is 39.1 Å². The molecule has 0 spiro atoms. The summed E-state index contributed by atoms with van der Waals surface area (Å²) >= 11 is 0.940. The van der Waals surface area contributed by atoms with Crippen LogP contribution >= 0.6 is 11.8 Å². The van der Waals surface area contributed by atoms with Gasteiger partial charge in [0.25, 0.3) is 17.5 Å². The minimum absolute atomic E-state index is 0.0125. The molecule has 0 unspecified atom stereocenters. The van der Waals surface area contributed by atoms with E-state index in [1.807, 2.05) is 60.7 Å². The molecule has 0 bridgehead atoms. The number of amides is 3. The summed E-state index contributed by atoms with van der Waals surface area (Å²) in [5.41, 5.74) is 1.26. The van der Waals surface area contributed by atoms with Crippen LogP contribution in [0.3, 0.4) is 0 Å². The summed E-state index contributed by atoms with van der Waals surface area (Å²) in [6.45, 7) is 5.40. The largest absolute Gasteiger partial charge is 0.450 e. The second kappa shape index (κ2) is 17.3. The molecule has 4 aromatic rings. The van der Waals surface area contributed by atoms with Gasteiger partial charge in [0.05, 0.1) is 27.7 Å². The lowest BCUT2D eigenvalue weighted by atomic mass is 9.99. The Morgan fingerprint density at radius 2 is 1.58 bits per heavy atom. The molecule has 5 rings (SSSR count). The SMILES string of the molecule is C=C/C=C\C(=C/C)N1C(=O)/C(=C/c2ccc(Oc3ccc([N+](=O)[O-])cc3[N+](=O)[O-])cc2)C(=O)N=C1SCC(=O)NC(c1ccccc1)c1ccccc1. The number of allylic oxidation sites excluding steroid dienone is 4. The van der Waals surface area contributed by atoms with Crippen molar-refractivity contribution < 1.29 is 29.0 Å². The number of thioether (sulfide) groups is 1. The summed E-state index contributed by atoms with van der Waals surface area (Å²) in [7, 11) is 0. The van der Waals surface area contributed by atoms with E-state index in [1.165, 1.54) is 41.3 Å². The predicted molar refractivity (Wildman–Crippen MR) is 202 cm³/mol. The number of nitrogens with one attached hydrogen (secondary N) is 1. The third kappa shape index (κ3) is 9.25. The normalized spacial score (nSPS) is 14.0. The van der Waals surface area contributed by atoms with Crippen LogP contribution in [0.1, 0.15) is 29.7 Å². The number of non-ortho nitro benzene ring substituents is 1. The van der Waals surface area contributed by atoms with E-state index in [-0.39, 0.29) is 33.9 Å². The summed E-state index contributed by atoms with van der Waals surface area (Å²) in [5.74, 6) is -2.04. The molecule has 1 heterocycles. The number of carbonyl (C=O) groups excluding carboxylic acids is 3. The van der Waals surface area contributed by atoms with Gasteiger partial charge in [-0.05, 0) is 54.0 Å². The van der Waals surface area contributed by atoms with E-state index in [1.54, 1.807) is 25.2 Å². The first-order chi connectivity index (χ1) is 25.6. The molecule has 1 aliphatic rings. The molecule has 0 saturated heterocycles. The van der Waals surface area contributed by atoms with E-state index in [0.29, 0.717) is 11.3 Å². The Hall–Kier alpha value is -6.93. The Labute approximate surface area is 308 Å². The highest BCUT2D eigenvalue weighted by atomic mass is 32.2. The smallest absolute Gasteiger partial charge is 0.318 e. The van der Waals surface area contributed by atoms with Gasteiger partial charge in [-0.2, -0.15) is 4.99 Å². The summed E-state index contributed by atoms with van der Waals surface area (Å²) in [6, 6.07) is 27.5. The van der Waals surface area contributed by atoms with Crippen LogP contribution in [0.2, 0.25) is 0 Å². The second-order valence-corrected chi connectivity index (χ2v) is 12.1. The molecular weight excluding hydrogens is 699 g/mol. The zero-order chi connectivity index (χ0) is 37.9. The molecule has 4 aromatic carbocycles. The van der Waals surface area contributed by atoms with E-state index in [9.17, 15) is 34.6 Å². The van der Waals surface area contributed by atoms with Crippen molar-refractivity contribution in [3.63, 3.8) is 0 Å². The molecule has 3 amide bonds. The molecule has 14 heteroatoms. The van der Waals surface area contributed by atoms with Crippen LogP contribution in [0.4, 0.5) is 11.4 Å². The lowest BCUT2D eigenvalue weighted by molar-refractivity contribution is -0.394. The molecule has 0 fully saturated rings. The standard InChI is InChI=1S/C39H31N5O8S/c1-3-5-16-29(4-2)42-38(47)32(23-26-17-20-31(21-18-26)52-34-22-19-30(43(48)49)24-33(34)44(50)51)37(46)41-39(42)53-25-35(45)40-36(27-12-8-6-9-13-27)28-14-10-7-11-15-28/h3-24,36H,1,25H2,2H3,(H,40,45)/b16-5-,29-4+,32-23+. The molecule has 1 N–H and O–H groups in total. The van der Waals surface area contributed by atoms with Gasteiger partial charge in [-0.25, -0.2) is 0 Å². The van der Waals surface area contributed by atoms with Crippen LogP contribution in [0.15, 0.2) is 150 Å². The van der Waals surface area contributed by atoms with Gasteiger partial charge < -0.3 is 10.1 Å². The van der Waals surface area contributed by atoms with Gasteiger partial charge in [-0.1, -0.05) is 109 Å². The second-order valence-electron chi connectivity index (χ2n) is 11.2. The number of nitrogens with zero attached hydrogens (tertiary/aromatic N) is 4. The van der Waals surface area contributed by atoms with Crippen LogP contribution in [0.5, 0.6) is 11.5 Å². The highest BCUT2D eigenvalue weighted by Crippen LogP contribution is 2.35. The Kier molecular flexibility index (Phi) is 12.2. The van der Waals surface area contributed by atoms with Crippen LogP contribution in [-0.4, -0.2) is 43.4 Å². The maximum atomic E-state index is 14.0. The number of benzene rings is 4. The van der Waals surface area contributed by atoms with Crippen LogP contribution < -0.4 is 10.1 Å². The fourth-order valence-electron chi connectivity index (χ4n) is 5.17. The fraction of sp³-hybridized carbons (Fsp3) is 0.0769. The number of rotatable bonds is 13. The quantitative estimate of drug-likeness (QED) is 0.0476. The third-order valence-electron chi connectivity index (χ3n) is 7.68. The van der Waals surface area contributed by atoms with Crippen molar-refractivity contribution in [2.24, 2.45) is 4.99 Å². The van der Waals surface area contributed by atoms with Crippen molar-refractivity contribution in [3.05, 3.63) is 182 Å². The molecule has 0 saturated carbocycles. The maximum Gasteiger partial charge on any atom is 0.318 e. The Balaban J connectivity index is 1.38. The molecule has 53 heavy (non-hydrogen) atoms. The number of nitro benzene ring substituents is 2. The summed E-state index contributed by atoms with van der Waals surface area (Å²) in [4.78, 5) is 67.2. The van der Waals surface area contributed by atoms with Gasteiger partial charge in [-0.15, -0.1) is 0 Å². The summed E-state index contributed by atoms with van der Waals surface area (Å²) < 4.78 is 5.62. The molecular formula is C39H31N5O8S. The number of carbonyl (C=O) groups is 3. The zero-order valence-electron chi connectivity index (χ0n) is 28.2. The van der Waals surface area contributed by atoms with Crippen LogP contribution in [0, 0.1) is 20.2 Å². The number of hydrogen-bond donors (Lipinski definition) is 1. The first kappa shape index (κ1) is 37.3. The lowest BCUT2D eigenvalue weighted by Crippen LogP contribution is -2.42. The average Bonchev–Trinajstić information content (AvgIpc) is 3.17. The number of amidine groups is 1. The molecule has 0 radical (unpaired) electrons. The van der Waals surface area contributed by atoms with Crippen LogP contribution in [0.25, 0.3) is 6.08 Å². The molecule has 0 aromatic heterocycles. The van der Waals surface area contributed by atoms with Crippen molar-refractivity contribution in [1.82, 2.24) is 10.2 Å². The minimum atomic E-state index is -0.814. The Morgan fingerprint density at radius 3 is 2.15 bits per heavy atom. The van der Waals surface area contributed by atoms with Crippen molar-refractivity contribution in [2.75, 3.05) is 5.75 Å². The van der Waals surface area contributed by atoms with E-state index in [4.69, 9.17) is 4.74 Å². The monoisotopic (exact) mass is 729 g/mol. The van der Waals surface area contributed by atoms with Crippen molar-refractivity contribution in [2.45, 2.75) is 13.0 Å². The minimum Gasteiger partial charge on any atom is -0.450 e. The first-order valence-electron chi connectivity index (χ1n) is 16.0. The Morgan fingerprint density at radius 1 is 0.943 bits per heavy atom. The number of aliphatic imine (C=N–C) groups is 1. The summed E-state index contributed by atoms with van der Waals surface area (Å²) in [5, 5.41) is 25.6. The lowest BCUT2D eigenvalue weighted by Gasteiger charge is -2.28. The topological polar surface area (TPSA) is 174 Å². The van der Waals surface area contributed by atoms with Gasteiger partial charge in [0, 0.05) is 11.8 Å². The van der Waals surface area contributed by atoms with E-state index in [0.717, 1.165) is 41.1 Å². The fourth-order valence-corrected chi connectivity index (χ4v) is 5.98. The molecule has 1 aliphatic heterocycles. The highest BCUT2D eigenvalue weighted by Gasteiger charge is 2.35. The number of nitro groups is 2. The van der Waals surface area contributed by atoms with Crippen LogP contribution in [-0.2, 0) is 14.4 Å². The van der Waals surface area contributed by atoms with Crippen molar-refractivity contribution >= 4 is 52.1 Å². The zero-order valence-corrected chi connectivity index (χ0v) is 29.0. The third-order valence-corrected chi connectivity index (χ3v) is 8.62. The molecule has 0 atom stereocenters. The summed E-state index contributed by atoms with van der Waals surface area (Å²) in [6.07, 6.45) is 7.78. The Bertz CT molecular complexity index is 2140. The molecule has 0 aliphatic carbocycles. The average molecular weight is 730 g/mol. The highest BCUT2D eigenvalue weighted by molar-refractivity contribution is 8.14. The van der Waals surface area contributed by atoms with Gasteiger partial charge in [0.1, 0.15) is 11.3 Å². The number of hydrogen-bond acceptors (Lipinski definition) is 9. The molecule has 13 nitrogen and oxygen atoms in total. The predicted octanol–water partition coefficient (Wildman–Crippen LogP) is 7.69. The van der Waals surface area contributed by atoms with Gasteiger partial charge >= 0.3 is 5.69 Å². The van der Waals surface area contributed by atoms with Gasteiger partial charge in [0.15, 0.2) is 5.17 Å². The van der Waals surface area contributed by atoms with Crippen molar-refractivity contribution in [3.8, 4) is 11.5 Å². The first-order valence-corrected chi connectivity index (χ1v) is 17.0.